The van der Waals surface area contributed by atoms with E-state index in [1.165, 1.54) is 4.68 Å². The fourth-order valence-electron chi connectivity index (χ4n) is 3.09. The number of aromatic nitrogens is 3. The molecule has 1 aromatic heterocycles. The Bertz CT molecular complexity index is 1150. The lowest BCUT2D eigenvalue weighted by Crippen LogP contribution is -2.18. The monoisotopic (exact) mass is 416 g/mol. The van der Waals surface area contributed by atoms with Crippen molar-refractivity contribution in [3.63, 3.8) is 0 Å². The molecule has 0 fully saturated rings. The Morgan fingerprint density at radius 1 is 0.967 bits per heavy atom. The maximum Gasteiger partial charge on any atom is 0.254 e. The normalized spacial score (nSPS) is 10.7. The summed E-state index contributed by atoms with van der Waals surface area (Å²) in [6, 6.07) is 25.1. The summed E-state index contributed by atoms with van der Waals surface area (Å²) in [5.74, 6) is 0.734. The maximum absolute atomic E-state index is 13.0. The second kappa shape index (κ2) is 8.93. The van der Waals surface area contributed by atoms with Gasteiger partial charge in [0.15, 0.2) is 5.82 Å². The average molecular weight is 417 g/mol. The lowest BCUT2D eigenvalue weighted by molar-refractivity contribution is 0.0901. The quantitative estimate of drug-likeness (QED) is 0.457. The van der Waals surface area contributed by atoms with E-state index in [-0.39, 0.29) is 12.3 Å². The summed E-state index contributed by atoms with van der Waals surface area (Å²) in [7, 11) is 0. The SMILES string of the molecule is Cc1ccc(-c2nc(NCc3ccccc3Cl)n(C(=O)Cc3ccccc3)n2)cc1. The summed E-state index contributed by atoms with van der Waals surface area (Å²) in [6.07, 6.45) is 0.234. The summed E-state index contributed by atoms with van der Waals surface area (Å²) < 4.78 is 1.35. The molecule has 0 saturated carbocycles. The van der Waals surface area contributed by atoms with Gasteiger partial charge in [-0.1, -0.05) is 90.0 Å². The van der Waals surface area contributed by atoms with Gasteiger partial charge in [0.2, 0.25) is 5.95 Å². The van der Waals surface area contributed by atoms with Gasteiger partial charge < -0.3 is 5.32 Å². The summed E-state index contributed by atoms with van der Waals surface area (Å²) in [6.45, 7) is 2.46. The van der Waals surface area contributed by atoms with Crippen molar-refractivity contribution in [3.05, 3.63) is 101 Å². The predicted octanol–water partition coefficient (Wildman–Crippen LogP) is 5.40. The molecule has 150 valence electrons. The van der Waals surface area contributed by atoms with Gasteiger partial charge in [-0.3, -0.25) is 4.79 Å². The number of nitrogens with zero attached hydrogens (tertiary/aromatic N) is 3. The van der Waals surface area contributed by atoms with Crippen LogP contribution in [0.3, 0.4) is 0 Å². The standard InChI is InChI=1S/C24H21ClN4O/c1-17-11-13-19(14-12-17)23-27-24(26-16-20-9-5-6-10-21(20)25)29(28-23)22(30)15-18-7-3-2-4-8-18/h2-14H,15-16H2,1H3,(H,26,27,28). The zero-order chi connectivity index (χ0) is 20.9. The number of benzene rings is 3. The highest BCUT2D eigenvalue weighted by molar-refractivity contribution is 6.31. The molecule has 1 heterocycles. The van der Waals surface area contributed by atoms with E-state index in [4.69, 9.17) is 11.6 Å². The first-order chi connectivity index (χ1) is 14.6. The fraction of sp³-hybridized carbons (Fsp3) is 0.125. The summed E-state index contributed by atoms with van der Waals surface area (Å²) in [5, 5.41) is 8.38. The highest BCUT2D eigenvalue weighted by atomic mass is 35.5. The van der Waals surface area contributed by atoms with Crippen molar-refractivity contribution in [2.24, 2.45) is 0 Å². The van der Waals surface area contributed by atoms with E-state index in [1.54, 1.807) is 0 Å². The van der Waals surface area contributed by atoms with E-state index in [0.717, 1.165) is 22.3 Å². The first kappa shape index (κ1) is 19.9. The number of hydrogen-bond acceptors (Lipinski definition) is 4. The molecule has 0 radical (unpaired) electrons. The Kier molecular flexibility index (Phi) is 5.91. The van der Waals surface area contributed by atoms with E-state index in [0.29, 0.717) is 23.3 Å². The first-order valence-corrected chi connectivity index (χ1v) is 10.1. The molecule has 4 aromatic rings. The molecule has 0 amide bonds. The van der Waals surface area contributed by atoms with Crippen LogP contribution in [-0.4, -0.2) is 20.7 Å². The van der Waals surface area contributed by atoms with Crippen LogP contribution in [0.1, 0.15) is 21.5 Å². The molecule has 4 rings (SSSR count). The topological polar surface area (TPSA) is 59.8 Å². The highest BCUT2D eigenvalue weighted by Gasteiger charge is 2.18. The van der Waals surface area contributed by atoms with Gasteiger partial charge in [-0.05, 0) is 24.1 Å². The van der Waals surface area contributed by atoms with Crippen LogP contribution >= 0.6 is 11.6 Å². The number of hydrogen-bond donors (Lipinski definition) is 1. The van der Waals surface area contributed by atoms with Crippen LogP contribution in [0.4, 0.5) is 5.95 Å². The Morgan fingerprint density at radius 3 is 2.40 bits per heavy atom. The van der Waals surface area contributed by atoms with Crippen molar-refractivity contribution in [2.75, 3.05) is 5.32 Å². The minimum absolute atomic E-state index is 0.159. The number of aryl methyl sites for hydroxylation is 1. The van der Waals surface area contributed by atoms with Gasteiger partial charge in [0.05, 0.1) is 6.42 Å². The van der Waals surface area contributed by atoms with Crippen molar-refractivity contribution in [2.45, 2.75) is 19.9 Å². The summed E-state index contributed by atoms with van der Waals surface area (Å²) >= 11 is 6.27. The number of anilines is 1. The van der Waals surface area contributed by atoms with Gasteiger partial charge in [0.25, 0.3) is 5.91 Å². The maximum atomic E-state index is 13.0. The number of carbonyl (C=O) groups excluding carboxylic acids is 1. The van der Waals surface area contributed by atoms with E-state index >= 15 is 0 Å². The van der Waals surface area contributed by atoms with Gasteiger partial charge in [0.1, 0.15) is 0 Å². The number of nitrogens with one attached hydrogen (secondary N) is 1. The second-order valence-electron chi connectivity index (χ2n) is 7.04. The van der Waals surface area contributed by atoms with E-state index < -0.39 is 0 Å². The first-order valence-electron chi connectivity index (χ1n) is 9.68. The van der Waals surface area contributed by atoms with Crippen molar-refractivity contribution < 1.29 is 4.79 Å². The predicted molar refractivity (Wildman–Crippen MR) is 120 cm³/mol. The average Bonchev–Trinajstić information content (AvgIpc) is 3.19. The molecule has 1 N–H and O–H groups in total. The Hall–Kier alpha value is -3.44. The Morgan fingerprint density at radius 2 is 1.67 bits per heavy atom. The largest absolute Gasteiger partial charge is 0.350 e. The van der Waals surface area contributed by atoms with E-state index in [2.05, 4.69) is 15.4 Å². The van der Waals surface area contributed by atoms with Gasteiger partial charge >= 0.3 is 0 Å². The minimum Gasteiger partial charge on any atom is -0.350 e. The number of rotatable bonds is 6. The van der Waals surface area contributed by atoms with Gasteiger partial charge in [-0.15, -0.1) is 5.10 Å². The Labute approximate surface area is 180 Å². The molecule has 6 heteroatoms. The molecule has 0 spiro atoms. The van der Waals surface area contributed by atoms with Crippen LogP contribution in [0.5, 0.6) is 0 Å². The van der Waals surface area contributed by atoms with Crippen molar-refractivity contribution in [1.82, 2.24) is 14.8 Å². The van der Waals surface area contributed by atoms with Gasteiger partial charge in [0, 0.05) is 17.1 Å². The molecule has 0 aliphatic carbocycles. The molecule has 0 atom stereocenters. The zero-order valence-electron chi connectivity index (χ0n) is 16.5. The highest BCUT2D eigenvalue weighted by Crippen LogP contribution is 2.21. The summed E-state index contributed by atoms with van der Waals surface area (Å²) in [5.41, 5.74) is 3.84. The van der Waals surface area contributed by atoms with Crippen LogP contribution in [0.15, 0.2) is 78.9 Å². The molecular weight excluding hydrogens is 396 g/mol. The van der Waals surface area contributed by atoms with Crippen LogP contribution < -0.4 is 5.32 Å². The zero-order valence-corrected chi connectivity index (χ0v) is 17.3. The van der Waals surface area contributed by atoms with Crippen LogP contribution in [0.2, 0.25) is 5.02 Å². The van der Waals surface area contributed by atoms with Crippen molar-refractivity contribution in [3.8, 4) is 11.4 Å². The molecule has 0 unspecified atom stereocenters. The molecule has 3 aromatic carbocycles. The Balaban J connectivity index is 1.64. The minimum atomic E-state index is -0.159. The van der Waals surface area contributed by atoms with E-state index in [9.17, 15) is 4.79 Å². The fourth-order valence-corrected chi connectivity index (χ4v) is 3.29. The van der Waals surface area contributed by atoms with Crippen LogP contribution in [-0.2, 0) is 13.0 Å². The third-order valence-corrected chi connectivity index (χ3v) is 5.11. The lowest BCUT2D eigenvalue weighted by Gasteiger charge is -2.08. The van der Waals surface area contributed by atoms with Crippen molar-refractivity contribution >= 4 is 23.5 Å². The van der Waals surface area contributed by atoms with E-state index in [1.807, 2.05) is 85.8 Å². The third-order valence-electron chi connectivity index (χ3n) is 4.75. The smallest absolute Gasteiger partial charge is 0.254 e. The molecular formula is C24H21ClN4O. The number of carbonyl (C=O) groups is 1. The number of halogens is 1. The van der Waals surface area contributed by atoms with Gasteiger partial charge in [-0.2, -0.15) is 9.67 Å². The van der Waals surface area contributed by atoms with Crippen LogP contribution in [0.25, 0.3) is 11.4 Å². The molecule has 0 aliphatic heterocycles. The molecule has 0 aliphatic rings. The second-order valence-corrected chi connectivity index (χ2v) is 7.45. The van der Waals surface area contributed by atoms with Crippen molar-refractivity contribution in [1.29, 1.82) is 0 Å². The third kappa shape index (κ3) is 4.58. The lowest BCUT2D eigenvalue weighted by atomic mass is 10.1. The summed E-state index contributed by atoms with van der Waals surface area (Å²) in [4.78, 5) is 17.6. The molecule has 0 saturated heterocycles. The molecule has 5 nitrogen and oxygen atoms in total. The molecule has 30 heavy (non-hydrogen) atoms. The van der Waals surface area contributed by atoms with Gasteiger partial charge in [-0.25, -0.2) is 0 Å². The van der Waals surface area contributed by atoms with Crippen LogP contribution in [0, 0.1) is 6.92 Å². The molecule has 0 bridgehead atoms.